The molecule has 0 saturated carbocycles. The van der Waals surface area contributed by atoms with Crippen molar-refractivity contribution in [1.82, 2.24) is 15.1 Å². The van der Waals surface area contributed by atoms with Crippen molar-refractivity contribution in [3.8, 4) is 0 Å². The van der Waals surface area contributed by atoms with Gasteiger partial charge in [-0.2, -0.15) is 0 Å². The number of hydrogen-bond acceptors (Lipinski definition) is 4. The molecule has 0 spiro atoms. The molecular formula is C14H19N3O3S. The molecule has 1 saturated heterocycles. The highest BCUT2D eigenvalue weighted by Gasteiger charge is 2.37. The molecule has 1 aromatic heterocycles. The maximum atomic E-state index is 12.4. The van der Waals surface area contributed by atoms with Gasteiger partial charge in [0.25, 0.3) is 0 Å². The molecule has 2 unspecified atom stereocenters. The third-order valence-corrected chi connectivity index (χ3v) is 5.18. The summed E-state index contributed by atoms with van der Waals surface area (Å²) in [6.45, 7) is 2.24. The van der Waals surface area contributed by atoms with Crippen LogP contribution >= 0.6 is 11.3 Å². The number of carbonyl (C=O) groups excluding carboxylic acids is 1. The Kier molecular flexibility index (Phi) is 3.86. The second-order valence-corrected chi connectivity index (χ2v) is 6.68. The van der Waals surface area contributed by atoms with Crippen LogP contribution in [0.5, 0.6) is 0 Å². The highest BCUT2D eigenvalue weighted by molar-refractivity contribution is 7.10. The number of likely N-dealkylation sites (tertiary alicyclic amines) is 1. The molecule has 21 heavy (non-hydrogen) atoms. The zero-order valence-corrected chi connectivity index (χ0v) is 12.7. The van der Waals surface area contributed by atoms with Gasteiger partial charge in [-0.15, -0.1) is 11.3 Å². The van der Waals surface area contributed by atoms with Crippen LogP contribution in [0.2, 0.25) is 0 Å². The normalized spacial score (nSPS) is 25.7. The molecule has 2 N–H and O–H groups in total. The maximum Gasteiger partial charge on any atom is 0.331 e. The van der Waals surface area contributed by atoms with E-state index in [1.807, 2.05) is 18.5 Å². The molecule has 3 heterocycles. The van der Waals surface area contributed by atoms with Gasteiger partial charge >= 0.3 is 12.0 Å². The first-order valence-electron chi connectivity index (χ1n) is 7.11. The monoisotopic (exact) mass is 309 g/mol. The number of nitrogens with zero attached hydrogens (tertiary/aromatic N) is 2. The second-order valence-electron chi connectivity index (χ2n) is 5.68. The number of urea groups is 1. The summed E-state index contributed by atoms with van der Waals surface area (Å²) in [5.41, 5.74) is 0.762. The van der Waals surface area contributed by atoms with Crippen molar-refractivity contribution in [2.24, 2.45) is 0 Å². The number of carbonyl (C=O) groups is 2. The van der Waals surface area contributed by atoms with Crippen molar-refractivity contribution in [2.45, 2.75) is 24.9 Å². The van der Waals surface area contributed by atoms with Gasteiger partial charge < -0.3 is 20.2 Å². The number of hydrogen-bond donors (Lipinski definition) is 2. The van der Waals surface area contributed by atoms with E-state index in [0.29, 0.717) is 6.54 Å². The van der Waals surface area contributed by atoms with Crippen molar-refractivity contribution in [2.75, 3.05) is 26.7 Å². The number of amides is 2. The number of nitrogens with one attached hydrogen (secondary N) is 1. The first kappa shape index (κ1) is 14.3. The predicted octanol–water partition coefficient (Wildman–Crippen LogP) is 1.15. The Morgan fingerprint density at radius 3 is 2.90 bits per heavy atom. The first-order chi connectivity index (χ1) is 10.1. The fourth-order valence-corrected chi connectivity index (χ4v) is 4.02. The average molecular weight is 309 g/mol. The van der Waals surface area contributed by atoms with Gasteiger partial charge in [0.05, 0.1) is 0 Å². The number of rotatable bonds is 2. The van der Waals surface area contributed by atoms with Crippen LogP contribution in [0.25, 0.3) is 0 Å². The number of carboxylic acid groups (broad SMARTS) is 1. The third kappa shape index (κ3) is 2.75. The molecule has 1 fully saturated rings. The Hall–Kier alpha value is -1.60. The number of aliphatic carboxylic acids is 1. The fourth-order valence-electron chi connectivity index (χ4n) is 3.11. The lowest BCUT2D eigenvalue weighted by Gasteiger charge is -2.34. The molecule has 0 aromatic carbocycles. The van der Waals surface area contributed by atoms with Crippen LogP contribution in [-0.2, 0) is 11.2 Å². The summed E-state index contributed by atoms with van der Waals surface area (Å²) in [4.78, 5) is 28.7. The van der Waals surface area contributed by atoms with E-state index in [1.165, 1.54) is 4.90 Å². The molecule has 7 heteroatoms. The summed E-state index contributed by atoms with van der Waals surface area (Å²) in [5, 5.41) is 14.4. The molecule has 2 aliphatic heterocycles. The zero-order chi connectivity index (χ0) is 15.0. The molecule has 2 aliphatic rings. The fraction of sp³-hybridized carbons (Fsp3) is 0.571. The number of likely N-dealkylation sites (N-methyl/N-ethyl adjacent to an activating group) is 1. The summed E-state index contributed by atoms with van der Waals surface area (Å²) in [5.74, 6) is -0.965. The molecular weight excluding hydrogens is 290 g/mol. The Labute approximate surface area is 127 Å². The van der Waals surface area contributed by atoms with E-state index >= 15 is 0 Å². The molecule has 0 aliphatic carbocycles. The van der Waals surface area contributed by atoms with Crippen LogP contribution in [0.1, 0.15) is 22.9 Å². The number of thiophene rings is 1. The van der Waals surface area contributed by atoms with Gasteiger partial charge in [-0.25, -0.2) is 9.59 Å². The lowest BCUT2D eigenvalue weighted by atomic mass is 10.0. The predicted molar refractivity (Wildman–Crippen MR) is 79.5 cm³/mol. The molecule has 2 atom stereocenters. The lowest BCUT2D eigenvalue weighted by molar-refractivity contribution is -0.142. The van der Waals surface area contributed by atoms with Crippen molar-refractivity contribution in [3.05, 3.63) is 21.9 Å². The van der Waals surface area contributed by atoms with Crippen LogP contribution in [0, 0.1) is 0 Å². The van der Waals surface area contributed by atoms with Crippen LogP contribution in [-0.4, -0.2) is 59.6 Å². The highest BCUT2D eigenvalue weighted by atomic mass is 32.1. The van der Waals surface area contributed by atoms with Crippen LogP contribution in [0.4, 0.5) is 4.79 Å². The second kappa shape index (κ2) is 5.65. The standard InChI is InChI=1S/C14H19N3O3S/c1-16-5-2-9(8-16)15-14(20)17-6-3-11-10(4-7-21-11)12(17)13(18)19/h4,7,9,12H,2-3,5-6,8H2,1H3,(H,15,20)(H,18,19). The molecule has 0 radical (unpaired) electrons. The van der Waals surface area contributed by atoms with Crippen molar-refractivity contribution in [1.29, 1.82) is 0 Å². The summed E-state index contributed by atoms with van der Waals surface area (Å²) in [7, 11) is 2.02. The Morgan fingerprint density at radius 2 is 2.24 bits per heavy atom. The van der Waals surface area contributed by atoms with E-state index in [4.69, 9.17) is 0 Å². The topological polar surface area (TPSA) is 72.9 Å². The van der Waals surface area contributed by atoms with Crippen LogP contribution in [0.3, 0.4) is 0 Å². The SMILES string of the molecule is CN1CCC(NC(=O)N2CCc3sccc3C2C(=O)O)C1. The van der Waals surface area contributed by atoms with E-state index in [-0.39, 0.29) is 12.1 Å². The number of carboxylic acids is 1. The van der Waals surface area contributed by atoms with Gasteiger partial charge in [0.2, 0.25) is 0 Å². The molecule has 3 rings (SSSR count). The van der Waals surface area contributed by atoms with Crippen LogP contribution < -0.4 is 5.32 Å². The van der Waals surface area contributed by atoms with Gasteiger partial charge in [0.1, 0.15) is 0 Å². The minimum Gasteiger partial charge on any atom is -0.479 e. The largest absolute Gasteiger partial charge is 0.479 e. The molecule has 114 valence electrons. The van der Waals surface area contributed by atoms with Crippen LogP contribution in [0.15, 0.2) is 11.4 Å². The Balaban J connectivity index is 1.75. The van der Waals surface area contributed by atoms with E-state index in [9.17, 15) is 14.7 Å². The van der Waals surface area contributed by atoms with E-state index in [1.54, 1.807) is 11.3 Å². The van der Waals surface area contributed by atoms with E-state index in [2.05, 4.69) is 10.2 Å². The molecule has 2 amide bonds. The van der Waals surface area contributed by atoms with Crippen molar-refractivity contribution in [3.63, 3.8) is 0 Å². The first-order valence-corrected chi connectivity index (χ1v) is 7.99. The number of fused-ring (bicyclic) bond motifs is 1. The zero-order valence-electron chi connectivity index (χ0n) is 11.9. The summed E-state index contributed by atoms with van der Waals surface area (Å²) in [6.07, 6.45) is 1.65. The minimum absolute atomic E-state index is 0.112. The summed E-state index contributed by atoms with van der Waals surface area (Å²) in [6, 6.07) is 0.807. The van der Waals surface area contributed by atoms with Gasteiger partial charge in [-0.1, -0.05) is 0 Å². The smallest absolute Gasteiger partial charge is 0.331 e. The quantitative estimate of drug-likeness (QED) is 0.859. The summed E-state index contributed by atoms with van der Waals surface area (Å²) >= 11 is 1.57. The minimum atomic E-state index is -0.965. The van der Waals surface area contributed by atoms with Gasteiger partial charge in [0, 0.05) is 24.0 Å². The highest BCUT2D eigenvalue weighted by Crippen LogP contribution is 2.33. The molecule has 6 nitrogen and oxygen atoms in total. The Morgan fingerprint density at radius 1 is 1.43 bits per heavy atom. The lowest BCUT2D eigenvalue weighted by Crippen LogP contribution is -2.50. The van der Waals surface area contributed by atoms with Crippen molar-refractivity contribution >= 4 is 23.3 Å². The molecule has 1 aromatic rings. The molecule has 0 bridgehead atoms. The Bertz CT molecular complexity index is 559. The van der Waals surface area contributed by atoms with Gasteiger partial charge in [-0.3, -0.25) is 0 Å². The maximum absolute atomic E-state index is 12.4. The average Bonchev–Trinajstić information content (AvgIpc) is 3.05. The third-order valence-electron chi connectivity index (χ3n) is 4.18. The van der Waals surface area contributed by atoms with Gasteiger partial charge in [0.15, 0.2) is 6.04 Å². The summed E-state index contributed by atoms with van der Waals surface area (Å²) < 4.78 is 0. The van der Waals surface area contributed by atoms with Crippen molar-refractivity contribution < 1.29 is 14.7 Å². The van der Waals surface area contributed by atoms with Gasteiger partial charge in [-0.05, 0) is 43.4 Å². The van der Waals surface area contributed by atoms with E-state index in [0.717, 1.165) is 36.4 Å². The van der Waals surface area contributed by atoms with E-state index < -0.39 is 12.0 Å².